The number of carbonyl (C=O) groups excluding carboxylic acids is 1. The van der Waals surface area contributed by atoms with Crippen LogP contribution >= 0.6 is 0 Å². The fourth-order valence-electron chi connectivity index (χ4n) is 1.66. The second-order valence-electron chi connectivity index (χ2n) is 3.96. The monoisotopic (exact) mass is 262 g/mol. The molecule has 0 aromatic heterocycles. The summed E-state index contributed by atoms with van der Waals surface area (Å²) in [6.07, 6.45) is 0.249. The molecule has 2 nitrogen and oxygen atoms in total. The lowest BCUT2D eigenvalue weighted by atomic mass is 10.0. The van der Waals surface area contributed by atoms with Crippen molar-refractivity contribution in [3.05, 3.63) is 54.1 Å². The molecule has 0 aliphatic heterocycles. The van der Waals surface area contributed by atoms with Crippen molar-refractivity contribution >= 4 is 5.97 Å². The van der Waals surface area contributed by atoms with Crippen LogP contribution in [0.15, 0.2) is 42.5 Å². The summed E-state index contributed by atoms with van der Waals surface area (Å²) < 4.78 is 31.9. The van der Waals surface area contributed by atoms with Gasteiger partial charge in [0.15, 0.2) is 11.6 Å². The summed E-state index contributed by atoms with van der Waals surface area (Å²) in [5.41, 5.74) is 0.591. The predicted octanol–water partition coefficient (Wildman–Crippen LogP) is 3.95. The third kappa shape index (κ3) is 2.96. The minimum atomic E-state index is -0.915. The molecule has 4 heteroatoms. The van der Waals surface area contributed by atoms with Gasteiger partial charge in [0.25, 0.3) is 0 Å². The van der Waals surface area contributed by atoms with Gasteiger partial charge in [0.05, 0.1) is 0 Å². The molecule has 0 atom stereocenters. The van der Waals surface area contributed by atoms with Crippen molar-refractivity contribution < 1.29 is 18.3 Å². The second kappa shape index (κ2) is 5.61. The first kappa shape index (κ1) is 13.2. The molecule has 0 amide bonds. The lowest BCUT2D eigenvalue weighted by Gasteiger charge is -2.07. The highest BCUT2D eigenvalue weighted by atomic mass is 19.2. The van der Waals surface area contributed by atoms with E-state index in [1.54, 1.807) is 25.1 Å². The van der Waals surface area contributed by atoms with E-state index in [2.05, 4.69) is 0 Å². The van der Waals surface area contributed by atoms with E-state index in [0.29, 0.717) is 11.3 Å². The van der Waals surface area contributed by atoms with E-state index in [4.69, 9.17) is 4.74 Å². The zero-order valence-corrected chi connectivity index (χ0v) is 10.3. The normalized spacial score (nSPS) is 10.3. The highest BCUT2D eigenvalue weighted by molar-refractivity contribution is 5.73. The summed E-state index contributed by atoms with van der Waals surface area (Å²) in [6.45, 7) is 1.68. The van der Waals surface area contributed by atoms with Gasteiger partial charge in [0.2, 0.25) is 0 Å². The molecule has 2 aromatic carbocycles. The average Bonchev–Trinajstić information content (AvgIpc) is 2.42. The Balaban J connectivity index is 2.38. The first-order chi connectivity index (χ1) is 9.11. The topological polar surface area (TPSA) is 26.3 Å². The van der Waals surface area contributed by atoms with Gasteiger partial charge in [0.1, 0.15) is 5.75 Å². The molecule has 0 saturated carbocycles. The Kier molecular flexibility index (Phi) is 3.90. The molecule has 0 spiro atoms. The van der Waals surface area contributed by atoms with Crippen LogP contribution in [0, 0.1) is 11.6 Å². The van der Waals surface area contributed by atoms with Crippen LogP contribution in [0.4, 0.5) is 8.78 Å². The lowest BCUT2D eigenvalue weighted by molar-refractivity contribution is -0.134. The maximum Gasteiger partial charge on any atom is 0.310 e. The van der Waals surface area contributed by atoms with Gasteiger partial charge in [-0.15, -0.1) is 0 Å². The number of halogens is 2. The third-order valence-corrected chi connectivity index (χ3v) is 2.62. The van der Waals surface area contributed by atoms with Gasteiger partial charge < -0.3 is 4.74 Å². The van der Waals surface area contributed by atoms with Crippen molar-refractivity contribution in [3.63, 3.8) is 0 Å². The van der Waals surface area contributed by atoms with Crippen LogP contribution in [-0.2, 0) is 4.79 Å². The number of esters is 1. The van der Waals surface area contributed by atoms with Crippen molar-refractivity contribution in [3.8, 4) is 16.9 Å². The molecule has 0 radical (unpaired) electrons. The quantitative estimate of drug-likeness (QED) is 0.618. The van der Waals surface area contributed by atoms with Gasteiger partial charge in [-0.05, 0) is 23.8 Å². The summed E-state index contributed by atoms with van der Waals surface area (Å²) in [5.74, 6) is -1.89. The molecule has 0 N–H and O–H groups in total. The maximum atomic E-state index is 13.7. The van der Waals surface area contributed by atoms with E-state index < -0.39 is 11.6 Å². The van der Waals surface area contributed by atoms with Crippen LogP contribution in [-0.4, -0.2) is 5.97 Å². The van der Waals surface area contributed by atoms with Crippen molar-refractivity contribution in [2.75, 3.05) is 0 Å². The van der Waals surface area contributed by atoms with E-state index >= 15 is 0 Å². The summed E-state index contributed by atoms with van der Waals surface area (Å²) in [6, 6.07) is 10.3. The molecular formula is C15H12F2O2. The van der Waals surface area contributed by atoms with Gasteiger partial charge in [-0.3, -0.25) is 4.79 Å². The molecule has 0 saturated heterocycles. The minimum absolute atomic E-state index is 0.134. The molecule has 98 valence electrons. The Morgan fingerprint density at radius 2 is 1.89 bits per heavy atom. The Bertz CT molecular complexity index is 609. The van der Waals surface area contributed by atoms with E-state index in [1.807, 2.05) is 0 Å². The summed E-state index contributed by atoms with van der Waals surface area (Å²) in [5, 5.41) is 0. The third-order valence-electron chi connectivity index (χ3n) is 2.62. The number of hydrogen-bond acceptors (Lipinski definition) is 2. The van der Waals surface area contributed by atoms with Gasteiger partial charge >= 0.3 is 5.97 Å². The van der Waals surface area contributed by atoms with Crippen LogP contribution in [0.2, 0.25) is 0 Å². The summed E-state index contributed by atoms with van der Waals surface area (Å²) in [4.78, 5) is 11.2. The van der Waals surface area contributed by atoms with Crippen LogP contribution in [0.25, 0.3) is 11.1 Å². The Hall–Kier alpha value is -2.23. The highest BCUT2D eigenvalue weighted by Crippen LogP contribution is 2.27. The lowest BCUT2D eigenvalue weighted by Crippen LogP contribution is -2.05. The predicted molar refractivity (Wildman–Crippen MR) is 67.7 cm³/mol. The Morgan fingerprint density at radius 1 is 1.16 bits per heavy atom. The maximum absolute atomic E-state index is 13.7. The van der Waals surface area contributed by atoms with Crippen molar-refractivity contribution in [1.82, 2.24) is 0 Å². The molecule has 0 heterocycles. The van der Waals surface area contributed by atoms with Crippen LogP contribution in [0.3, 0.4) is 0 Å². The first-order valence-electron chi connectivity index (χ1n) is 5.87. The number of hydrogen-bond donors (Lipinski definition) is 0. The molecule has 19 heavy (non-hydrogen) atoms. The molecule has 0 unspecified atom stereocenters. The summed E-state index contributed by atoms with van der Waals surface area (Å²) >= 11 is 0. The fourth-order valence-corrected chi connectivity index (χ4v) is 1.66. The number of rotatable bonds is 3. The van der Waals surface area contributed by atoms with E-state index in [1.165, 1.54) is 18.2 Å². The highest BCUT2D eigenvalue weighted by Gasteiger charge is 2.10. The first-order valence-corrected chi connectivity index (χ1v) is 5.87. The van der Waals surface area contributed by atoms with Crippen molar-refractivity contribution in [2.45, 2.75) is 13.3 Å². The van der Waals surface area contributed by atoms with Gasteiger partial charge in [-0.2, -0.15) is 0 Å². The van der Waals surface area contributed by atoms with Crippen LogP contribution in [0.5, 0.6) is 5.75 Å². The molecule has 0 aliphatic rings. The second-order valence-corrected chi connectivity index (χ2v) is 3.96. The number of ether oxygens (including phenoxy) is 1. The van der Waals surface area contributed by atoms with E-state index in [0.717, 1.165) is 6.07 Å². The Labute approximate surface area is 109 Å². The molecule has 0 bridgehead atoms. The van der Waals surface area contributed by atoms with E-state index in [-0.39, 0.29) is 18.0 Å². The average molecular weight is 262 g/mol. The van der Waals surface area contributed by atoms with Crippen molar-refractivity contribution in [2.24, 2.45) is 0 Å². The SMILES string of the molecule is CCC(=O)Oc1cccc(-c2cccc(F)c2F)c1. The largest absolute Gasteiger partial charge is 0.427 e. The van der Waals surface area contributed by atoms with E-state index in [9.17, 15) is 13.6 Å². The van der Waals surface area contributed by atoms with Gasteiger partial charge in [-0.1, -0.05) is 31.2 Å². The molecule has 2 rings (SSSR count). The summed E-state index contributed by atoms with van der Waals surface area (Å²) in [7, 11) is 0. The van der Waals surface area contributed by atoms with Crippen LogP contribution in [0.1, 0.15) is 13.3 Å². The number of benzene rings is 2. The zero-order valence-electron chi connectivity index (χ0n) is 10.3. The fraction of sp³-hybridized carbons (Fsp3) is 0.133. The standard InChI is InChI=1S/C15H12F2O2/c1-2-14(18)19-11-6-3-5-10(9-11)12-7-4-8-13(16)15(12)17/h3-9H,2H2,1H3. The van der Waals surface area contributed by atoms with Gasteiger partial charge in [-0.25, -0.2) is 8.78 Å². The van der Waals surface area contributed by atoms with Crippen molar-refractivity contribution in [1.29, 1.82) is 0 Å². The molecule has 2 aromatic rings. The Morgan fingerprint density at radius 3 is 2.63 bits per heavy atom. The minimum Gasteiger partial charge on any atom is -0.427 e. The molecular weight excluding hydrogens is 250 g/mol. The smallest absolute Gasteiger partial charge is 0.310 e. The zero-order chi connectivity index (χ0) is 13.8. The van der Waals surface area contributed by atoms with Crippen LogP contribution < -0.4 is 4.74 Å². The molecule has 0 fully saturated rings. The molecule has 0 aliphatic carbocycles. The van der Waals surface area contributed by atoms with Gasteiger partial charge in [0, 0.05) is 12.0 Å². The number of carbonyl (C=O) groups is 1.